The summed E-state index contributed by atoms with van der Waals surface area (Å²) in [5, 5.41) is 10.1. The minimum Gasteiger partial charge on any atom is -0.504 e. The summed E-state index contributed by atoms with van der Waals surface area (Å²) in [5.41, 5.74) is 0.0713. The Kier molecular flexibility index (Phi) is 4.62. The molecule has 0 bridgehead atoms. The predicted molar refractivity (Wildman–Crippen MR) is 65.9 cm³/mol. The number of phenols is 1. The number of hydrogen-bond acceptors (Lipinski definition) is 5. The van der Waals surface area contributed by atoms with Crippen molar-refractivity contribution in [3.63, 3.8) is 0 Å². The number of aromatic hydroxyl groups is 1. The Morgan fingerprint density at radius 3 is 2.24 bits per heavy atom. The number of benzene rings is 1. The summed E-state index contributed by atoms with van der Waals surface area (Å²) in [6.45, 7) is 0. The van der Waals surface area contributed by atoms with Crippen LogP contribution in [-0.2, 0) is 0 Å². The quantitative estimate of drug-likeness (QED) is 0.666. The van der Waals surface area contributed by atoms with Crippen LogP contribution in [-0.4, -0.2) is 37.5 Å². The molecular formula is C11H13BrO5. The van der Waals surface area contributed by atoms with Gasteiger partial charge in [0.25, 0.3) is 0 Å². The first-order valence-electron chi connectivity index (χ1n) is 4.71. The molecule has 1 aromatic rings. The molecule has 0 aromatic heterocycles. The maximum atomic E-state index is 11.7. The van der Waals surface area contributed by atoms with Crippen LogP contribution in [0.3, 0.4) is 0 Å². The zero-order valence-corrected chi connectivity index (χ0v) is 11.3. The Labute approximate surface area is 107 Å². The predicted octanol–water partition coefficient (Wildman–Crippen LogP) is 2.00. The molecule has 0 aliphatic rings. The molecule has 0 saturated heterocycles. The molecule has 0 saturated carbocycles. The second-order valence-electron chi connectivity index (χ2n) is 3.09. The van der Waals surface area contributed by atoms with Crippen molar-refractivity contribution < 1.29 is 24.1 Å². The summed E-state index contributed by atoms with van der Waals surface area (Å²) in [4.78, 5) is 11.7. The smallest absolute Gasteiger partial charge is 0.204 e. The number of carbonyl (C=O) groups excluding carboxylic acids is 1. The number of ether oxygens (including phenoxy) is 3. The second kappa shape index (κ2) is 5.77. The van der Waals surface area contributed by atoms with Crippen LogP contribution in [0.4, 0.5) is 0 Å². The monoisotopic (exact) mass is 304 g/mol. The number of Topliss-reactive ketones (excluding diaryl/α,β-unsaturated/α-hetero) is 1. The summed E-state index contributed by atoms with van der Waals surface area (Å²) < 4.78 is 15.1. The molecule has 0 aliphatic carbocycles. The lowest BCUT2D eigenvalue weighted by Crippen LogP contribution is -2.05. The van der Waals surface area contributed by atoms with Gasteiger partial charge in [0.2, 0.25) is 5.75 Å². The Morgan fingerprint density at radius 2 is 1.82 bits per heavy atom. The molecule has 1 N–H and O–H groups in total. The van der Waals surface area contributed by atoms with Gasteiger partial charge in [0.15, 0.2) is 17.3 Å². The lowest BCUT2D eigenvalue weighted by Gasteiger charge is -2.15. The summed E-state index contributed by atoms with van der Waals surface area (Å²) in [6, 6.07) is 1.49. The summed E-state index contributed by atoms with van der Waals surface area (Å²) in [7, 11) is 4.22. The third-order valence-corrected chi connectivity index (χ3v) is 2.74. The molecule has 1 rings (SSSR count). The Bertz CT molecular complexity index is 430. The van der Waals surface area contributed by atoms with Gasteiger partial charge in [-0.1, -0.05) is 15.9 Å². The number of methoxy groups -OCH3 is 3. The molecule has 17 heavy (non-hydrogen) atoms. The van der Waals surface area contributed by atoms with Crippen LogP contribution < -0.4 is 14.2 Å². The Hall–Kier alpha value is -1.43. The number of alkyl halides is 1. The molecule has 0 amide bonds. The van der Waals surface area contributed by atoms with Crippen molar-refractivity contribution in [1.29, 1.82) is 0 Å². The van der Waals surface area contributed by atoms with E-state index in [-0.39, 0.29) is 33.9 Å². The molecule has 94 valence electrons. The lowest BCUT2D eigenvalue weighted by molar-refractivity contribution is 0.101. The molecule has 6 heteroatoms. The molecule has 5 nitrogen and oxygen atoms in total. The molecule has 0 unspecified atom stereocenters. The number of phenolic OH excluding ortho intramolecular Hbond substituents is 1. The van der Waals surface area contributed by atoms with Gasteiger partial charge in [0.05, 0.1) is 26.7 Å². The maximum absolute atomic E-state index is 11.7. The van der Waals surface area contributed by atoms with Crippen molar-refractivity contribution >= 4 is 21.7 Å². The minimum atomic E-state index is -0.305. The maximum Gasteiger partial charge on any atom is 0.204 e. The highest BCUT2D eigenvalue weighted by molar-refractivity contribution is 9.09. The van der Waals surface area contributed by atoms with Crippen LogP contribution in [0.1, 0.15) is 10.4 Å². The average molecular weight is 305 g/mol. The van der Waals surface area contributed by atoms with Gasteiger partial charge in [0, 0.05) is 6.07 Å². The fourth-order valence-corrected chi connectivity index (χ4v) is 1.73. The number of rotatable bonds is 5. The van der Waals surface area contributed by atoms with Crippen molar-refractivity contribution in [2.45, 2.75) is 0 Å². The van der Waals surface area contributed by atoms with E-state index in [1.165, 1.54) is 27.4 Å². The van der Waals surface area contributed by atoms with Crippen molar-refractivity contribution in [1.82, 2.24) is 0 Å². The van der Waals surface area contributed by atoms with Crippen LogP contribution in [0.5, 0.6) is 23.0 Å². The first-order valence-corrected chi connectivity index (χ1v) is 5.83. The third-order valence-electron chi connectivity index (χ3n) is 2.23. The third kappa shape index (κ3) is 2.46. The van der Waals surface area contributed by atoms with E-state index in [1.54, 1.807) is 0 Å². The van der Waals surface area contributed by atoms with Gasteiger partial charge in [-0.15, -0.1) is 0 Å². The van der Waals surface area contributed by atoms with E-state index in [9.17, 15) is 9.90 Å². The van der Waals surface area contributed by atoms with E-state index in [4.69, 9.17) is 14.2 Å². The van der Waals surface area contributed by atoms with E-state index >= 15 is 0 Å². The van der Waals surface area contributed by atoms with Gasteiger partial charge in [-0.2, -0.15) is 0 Å². The molecule has 0 fully saturated rings. The van der Waals surface area contributed by atoms with Crippen molar-refractivity contribution in [3.8, 4) is 23.0 Å². The van der Waals surface area contributed by atoms with E-state index in [0.29, 0.717) is 5.75 Å². The van der Waals surface area contributed by atoms with Crippen LogP contribution in [0.25, 0.3) is 0 Å². The standard InChI is InChI=1S/C11H13BrO5/c1-15-7-4-8(16-2)11(17-3)10(14)9(7)6(13)5-12/h4,14H,5H2,1-3H3. The molecule has 1 aromatic carbocycles. The SMILES string of the molecule is COc1cc(OC)c(C(=O)CBr)c(O)c1OC. The van der Waals surface area contributed by atoms with Crippen molar-refractivity contribution in [2.75, 3.05) is 26.7 Å². The summed E-state index contributed by atoms with van der Waals surface area (Å²) in [5.74, 6) is 0.0589. The van der Waals surface area contributed by atoms with Gasteiger partial charge in [0.1, 0.15) is 11.3 Å². The largest absolute Gasteiger partial charge is 0.504 e. The molecule has 0 heterocycles. The zero-order valence-electron chi connectivity index (χ0n) is 9.74. The normalized spacial score (nSPS) is 9.88. The van der Waals surface area contributed by atoms with Gasteiger partial charge < -0.3 is 19.3 Å². The summed E-state index contributed by atoms with van der Waals surface area (Å²) >= 11 is 3.04. The van der Waals surface area contributed by atoms with Crippen molar-refractivity contribution in [3.05, 3.63) is 11.6 Å². The average Bonchev–Trinajstić information content (AvgIpc) is 2.36. The first kappa shape index (κ1) is 13.6. The second-order valence-corrected chi connectivity index (χ2v) is 3.66. The molecular weight excluding hydrogens is 292 g/mol. The van der Waals surface area contributed by atoms with Crippen LogP contribution >= 0.6 is 15.9 Å². The van der Waals surface area contributed by atoms with E-state index in [0.717, 1.165) is 0 Å². The first-order chi connectivity index (χ1) is 8.10. The van der Waals surface area contributed by atoms with Gasteiger partial charge in [-0.3, -0.25) is 4.79 Å². The lowest BCUT2D eigenvalue weighted by atomic mass is 10.1. The number of halogens is 1. The van der Waals surface area contributed by atoms with Crippen molar-refractivity contribution in [2.24, 2.45) is 0 Å². The van der Waals surface area contributed by atoms with E-state index in [2.05, 4.69) is 15.9 Å². The topological polar surface area (TPSA) is 65.0 Å². The molecule has 0 spiro atoms. The Balaban J connectivity index is 3.52. The highest BCUT2D eigenvalue weighted by Gasteiger charge is 2.24. The fourth-order valence-electron chi connectivity index (χ4n) is 1.45. The molecule has 0 atom stereocenters. The van der Waals surface area contributed by atoms with Gasteiger partial charge in [-0.25, -0.2) is 0 Å². The van der Waals surface area contributed by atoms with Crippen LogP contribution in [0, 0.1) is 0 Å². The number of hydrogen-bond donors (Lipinski definition) is 1. The molecule has 0 aliphatic heterocycles. The minimum absolute atomic E-state index is 0.0713. The van der Waals surface area contributed by atoms with E-state index in [1.807, 2.05) is 0 Å². The van der Waals surface area contributed by atoms with E-state index < -0.39 is 0 Å². The number of carbonyl (C=O) groups is 1. The van der Waals surface area contributed by atoms with Gasteiger partial charge in [-0.05, 0) is 0 Å². The number of ketones is 1. The summed E-state index contributed by atoms with van der Waals surface area (Å²) in [6.07, 6.45) is 0. The highest BCUT2D eigenvalue weighted by Crippen LogP contribution is 2.44. The van der Waals surface area contributed by atoms with Crippen LogP contribution in [0.2, 0.25) is 0 Å². The highest BCUT2D eigenvalue weighted by atomic mass is 79.9. The van der Waals surface area contributed by atoms with Gasteiger partial charge >= 0.3 is 0 Å². The molecule has 0 radical (unpaired) electrons. The fraction of sp³-hybridized carbons (Fsp3) is 0.364. The zero-order chi connectivity index (χ0) is 13.0. The van der Waals surface area contributed by atoms with Crippen LogP contribution in [0.15, 0.2) is 6.07 Å². The Morgan fingerprint density at radius 1 is 1.24 bits per heavy atom.